The average molecular weight is 549 g/mol. The maximum Gasteiger partial charge on any atom is 0.327 e. The molecule has 212 valence electrons. The minimum absolute atomic E-state index is 0.0600. The Morgan fingerprint density at radius 2 is 1.08 bits per heavy atom. The molecular weight excluding hydrogens is 495 g/mol. The average Bonchev–Trinajstić information content (AvgIpc) is 2.87. The number of esters is 2. The summed E-state index contributed by atoms with van der Waals surface area (Å²) < 4.78 is 26.2. The van der Waals surface area contributed by atoms with Crippen LogP contribution in [0.4, 0.5) is 0 Å². The molecular formula is C28H53O6PS. The van der Waals surface area contributed by atoms with E-state index in [2.05, 4.69) is 19.6 Å². The number of unbranched alkanes of at least 4 members (excludes halogenated alkanes) is 17. The van der Waals surface area contributed by atoms with E-state index in [-0.39, 0.29) is 25.2 Å². The summed E-state index contributed by atoms with van der Waals surface area (Å²) in [4.78, 5) is 24.2. The highest BCUT2D eigenvalue weighted by Crippen LogP contribution is 2.13. The van der Waals surface area contributed by atoms with Crippen molar-refractivity contribution in [1.82, 2.24) is 0 Å². The number of hydrogen-bond donors (Lipinski definition) is 1. The van der Waals surface area contributed by atoms with Crippen LogP contribution >= 0.6 is 21.3 Å². The van der Waals surface area contributed by atoms with Gasteiger partial charge in [0.2, 0.25) is 0 Å². The fourth-order valence-corrected chi connectivity index (χ4v) is 4.56. The van der Waals surface area contributed by atoms with E-state index in [1.807, 2.05) is 0 Å². The number of carbonyl (C=O) groups excluding carboxylic acids is 2. The number of thiol groups is 1. The second-order valence-corrected chi connectivity index (χ2v) is 10.6. The normalized spacial score (nSPS) is 12.1. The Morgan fingerprint density at radius 3 is 1.56 bits per heavy atom. The zero-order chi connectivity index (χ0) is 26.5. The van der Waals surface area contributed by atoms with Crippen LogP contribution in [0.3, 0.4) is 0 Å². The fraction of sp³-hybridized carbons (Fsp3) is 0.929. The van der Waals surface area contributed by atoms with Gasteiger partial charge in [-0.25, -0.2) is 4.57 Å². The van der Waals surface area contributed by atoms with Gasteiger partial charge in [-0.15, -0.1) is 0 Å². The SMILES string of the molecule is CCCCCCCCCCCCCC(=O)O[C@@H](COP=O)COC(=O)CCCCCCCCCCS. The van der Waals surface area contributed by atoms with Crippen LogP contribution in [0, 0.1) is 0 Å². The molecule has 0 saturated heterocycles. The molecule has 0 unspecified atom stereocenters. The lowest BCUT2D eigenvalue weighted by Crippen LogP contribution is -2.28. The van der Waals surface area contributed by atoms with E-state index in [0.717, 1.165) is 44.3 Å². The van der Waals surface area contributed by atoms with Crippen molar-refractivity contribution in [3.8, 4) is 0 Å². The second kappa shape index (κ2) is 28.9. The van der Waals surface area contributed by atoms with Crippen LogP contribution in [0.15, 0.2) is 0 Å². The first kappa shape index (κ1) is 35.4. The molecule has 0 N–H and O–H groups in total. The highest BCUT2D eigenvalue weighted by atomic mass is 32.1. The van der Waals surface area contributed by atoms with Crippen LogP contribution in [-0.2, 0) is 28.2 Å². The van der Waals surface area contributed by atoms with Crippen molar-refractivity contribution >= 4 is 33.3 Å². The van der Waals surface area contributed by atoms with Gasteiger partial charge in [-0.2, -0.15) is 12.6 Å². The summed E-state index contributed by atoms with van der Waals surface area (Å²) in [5.41, 5.74) is 0. The van der Waals surface area contributed by atoms with Gasteiger partial charge < -0.3 is 9.47 Å². The van der Waals surface area contributed by atoms with Crippen LogP contribution in [0.1, 0.15) is 142 Å². The Balaban J connectivity index is 3.82. The molecule has 0 aromatic rings. The molecule has 0 aliphatic carbocycles. The largest absolute Gasteiger partial charge is 0.462 e. The summed E-state index contributed by atoms with van der Waals surface area (Å²) in [5.74, 6) is 0.340. The summed E-state index contributed by atoms with van der Waals surface area (Å²) in [7, 11) is -0.486. The topological polar surface area (TPSA) is 78.9 Å². The Labute approximate surface area is 228 Å². The maximum atomic E-state index is 12.2. The van der Waals surface area contributed by atoms with E-state index in [4.69, 9.17) is 14.0 Å². The van der Waals surface area contributed by atoms with Crippen molar-refractivity contribution in [2.24, 2.45) is 0 Å². The third-order valence-electron chi connectivity index (χ3n) is 6.31. The molecule has 0 radical (unpaired) electrons. The zero-order valence-corrected chi connectivity index (χ0v) is 24.7. The van der Waals surface area contributed by atoms with Crippen molar-refractivity contribution in [1.29, 1.82) is 0 Å². The molecule has 0 rings (SSSR count). The van der Waals surface area contributed by atoms with Crippen molar-refractivity contribution < 1.29 is 28.2 Å². The van der Waals surface area contributed by atoms with E-state index in [1.165, 1.54) is 83.5 Å². The van der Waals surface area contributed by atoms with Crippen LogP contribution < -0.4 is 0 Å². The van der Waals surface area contributed by atoms with Crippen molar-refractivity contribution in [2.75, 3.05) is 19.0 Å². The summed E-state index contributed by atoms with van der Waals surface area (Å²) in [6.45, 7) is 2.11. The molecule has 0 fully saturated rings. The van der Waals surface area contributed by atoms with E-state index in [9.17, 15) is 14.2 Å². The first-order valence-electron chi connectivity index (χ1n) is 14.5. The van der Waals surface area contributed by atoms with Gasteiger partial charge in [0.05, 0.1) is 0 Å². The van der Waals surface area contributed by atoms with Crippen LogP contribution in [0.5, 0.6) is 0 Å². The van der Waals surface area contributed by atoms with E-state index < -0.39 is 14.8 Å². The Hall–Kier alpha value is -0.650. The smallest absolute Gasteiger partial charge is 0.327 e. The van der Waals surface area contributed by atoms with E-state index in [1.54, 1.807) is 0 Å². The number of rotatable bonds is 28. The lowest BCUT2D eigenvalue weighted by atomic mass is 10.1. The fourth-order valence-electron chi connectivity index (χ4n) is 4.11. The quantitative estimate of drug-likeness (QED) is 0.0455. The predicted molar refractivity (Wildman–Crippen MR) is 151 cm³/mol. The molecule has 0 aromatic heterocycles. The molecule has 0 aliphatic rings. The number of carbonyl (C=O) groups is 2. The van der Waals surface area contributed by atoms with E-state index >= 15 is 0 Å². The molecule has 0 amide bonds. The van der Waals surface area contributed by atoms with Crippen molar-refractivity contribution in [2.45, 2.75) is 148 Å². The summed E-state index contributed by atoms with van der Waals surface area (Å²) >= 11 is 4.22. The number of hydrogen-bond acceptors (Lipinski definition) is 7. The monoisotopic (exact) mass is 548 g/mol. The van der Waals surface area contributed by atoms with Gasteiger partial charge in [0.1, 0.15) is 13.2 Å². The molecule has 36 heavy (non-hydrogen) atoms. The van der Waals surface area contributed by atoms with Gasteiger partial charge in [-0.1, -0.05) is 110 Å². The van der Waals surface area contributed by atoms with Crippen molar-refractivity contribution in [3.63, 3.8) is 0 Å². The Kier molecular flexibility index (Phi) is 28.4. The van der Waals surface area contributed by atoms with Gasteiger partial charge in [0, 0.05) is 12.8 Å². The molecule has 0 saturated carbocycles. The van der Waals surface area contributed by atoms with E-state index in [0.29, 0.717) is 12.8 Å². The zero-order valence-electron chi connectivity index (χ0n) is 22.9. The van der Waals surface area contributed by atoms with Gasteiger partial charge in [-0.05, 0) is 25.0 Å². The molecule has 0 heterocycles. The molecule has 0 aromatic carbocycles. The van der Waals surface area contributed by atoms with Gasteiger partial charge in [0.25, 0.3) is 0 Å². The first-order chi connectivity index (χ1) is 17.6. The van der Waals surface area contributed by atoms with Gasteiger partial charge >= 0.3 is 20.6 Å². The Bertz CT molecular complexity index is 520. The lowest BCUT2D eigenvalue weighted by molar-refractivity contribution is -0.160. The van der Waals surface area contributed by atoms with Crippen LogP contribution in [0.2, 0.25) is 0 Å². The molecule has 8 heteroatoms. The number of ether oxygens (including phenoxy) is 2. The Morgan fingerprint density at radius 1 is 0.639 bits per heavy atom. The molecule has 1 atom stereocenters. The minimum Gasteiger partial charge on any atom is -0.462 e. The first-order valence-corrected chi connectivity index (χ1v) is 15.9. The minimum atomic E-state index is -0.729. The van der Waals surface area contributed by atoms with Crippen LogP contribution in [-0.4, -0.2) is 37.0 Å². The summed E-state index contributed by atoms with van der Waals surface area (Å²) in [6, 6.07) is 0. The molecule has 0 bridgehead atoms. The van der Waals surface area contributed by atoms with Crippen molar-refractivity contribution in [3.05, 3.63) is 0 Å². The summed E-state index contributed by atoms with van der Waals surface area (Å²) in [6.07, 6.45) is 22.4. The standard InChI is InChI=1S/C28H53O6PS/c1-2-3-4-5-6-7-8-9-13-16-19-22-28(30)34-26(25-33-35-31)24-32-27(29)21-18-15-12-10-11-14-17-20-23-36/h26,36H,2-25H2,1H3/t26-/m1/s1. The predicted octanol–water partition coefficient (Wildman–Crippen LogP) is 8.81. The van der Waals surface area contributed by atoms with Gasteiger partial charge in [-0.3, -0.25) is 14.1 Å². The summed E-state index contributed by atoms with van der Waals surface area (Å²) in [5, 5.41) is 0. The molecule has 0 spiro atoms. The third-order valence-corrected chi connectivity index (χ3v) is 6.89. The molecule has 6 nitrogen and oxygen atoms in total. The van der Waals surface area contributed by atoms with Gasteiger partial charge in [0.15, 0.2) is 6.10 Å². The third kappa shape index (κ3) is 26.4. The van der Waals surface area contributed by atoms with Crippen LogP contribution in [0.25, 0.3) is 0 Å². The highest BCUT2D eigenvalue weighted by molar-refractivity contribution is 7.80. The maximum absolute atomic E-state index is 12.2. The lowest BCUT2D eigenvalue weighted by Gasteiger charge is -2.16. The second-order valence-electron chi connectivity index (χ2n) is 9.75. The molecule has 0 aliphatic heterocycles. The highest BCUT2D eigenvalue weighted by Gasteiger charge is 2.17.